The van der Waals surface area contributed by atoms with Gasteiger partial charge in [0.25, 0.3) is 0 Å². The van der Waals surface area contributed by atoms with Crippen molar-refractivity contribution in [3.8, 4) is 0 Å². The molecule has 0 aliphatic heterocycles. The highest BCUT2D eigenvalue weighted by Crippen LogP contribution is 1.99. The zero-order chi connectivity index (χ0) is 10.3. The van der Waals surface area contributed by atoms with Crippen LogP contribution in [0.3, 0.4) is 0 Å². The van der Waals surface area contributed by atoms with E-state index in [1.807, 2.05) is 0 Å². The third-order valence-electron chi connectivity index (χ3n) is 1.38. The number of hydrogen-bond donors (Lipinski definition) is 3. The molecule has 0 atom stereocenters. The van der Waals surface area contributed by atoms with Gasteiger partial charge in [0.2, 0.25) is 0 Å². The highest BCUT2D eigenvalue weighted by Gasteiger charge is 1.85. The fourth-order valence-electron chi connectivity index (χ4n) is 0.637. The molecule has 74 valence electrons. The van der Waals surface area contributed by atoms with Gasteiger partial charge in [-0.2, -0.15) is 0 Å². The van der Waals surface area contributed by atoms with E-state index in [-0.39, 0.29) is 0 Å². The smallest absolute Gasteiger partial charge is 0.175 e. The fraction of sp³-hybridized carbons (Fsp3) is 0.400. The maximum absolute atomic E-state index is 7.67. The molecule has 3 nitrogen and oxygen atoms in total. The quantitative estimate of drug-likeness (QED) is 0.560. The molecule has 0 heterocycles. The van der Waals surface area contributed by atoms with Gasteiger partial charge in [0.1, 0.15) is 0 Å². The standard InChI is InChI=1S/C8H10.C2H6O3/c1-7-3-5-8(2)6-4-7;3-1-2(4)5/h3-6H,1-2H3;2-5H,1H2. The average Bonchev–Trinajstić information content (AvgIpc) is 2.11. The molecule has 0 bridgehead atoms. The Bertz CT molecular complexity index is 195. The molecule has 1 aromatic carbocycles. The number of aliphatic hydroxyl groups excluding tert-OH is 2. The normalized spacial score (nSPS) is 9.38. The molecule has 0 aliphatic rings. The lowest BCUT2D eigenvalue weighted by molar-refractivity contribution is -0.0747. The summed E-state index contributed by atoms with van der Waals surface area (Å²) >= 11 is 0. The Hall–Kier alpha value is -0.900. The first-order valence-electron chi connectivity index (χ1n) is 4.06. The Labute approximate surface area is 78.3 Å². The predicted molar refractivity (Wildman–Crippen MR) is 51.2 cm³/mol. The van der Waals surface area contributed by atoms with Gasteiger partial charge in [0, 0.05) is 0 Å². The molecule has 0 aromatic heterocycles. The van der Waals surface area contributed by atoms with E-state index in [1.165, 1.54) is 11.1 Å². The summed E-state index contributed by atoms with van der Waals surface area (Å²) in [6.07, 6.45) is -1.56. The number of aryl methyl sites for hydroxylation is 2. The van der Waals surface area contributed by atoms with Gasteiger partial charge in [-0.05, 0) is 13.8 Å². The van der Waals surface area contributed by atoms with Gasteiger partial charge < -0.3 is 15.3 Å². The van der Waals surface area contributed by atoms with E-state index in [0.717, 1.165) is 0 Å². The summed E-state index contributed by atoms with van der Waals surface area (Å²) in [6, 6.07) is 8.48. The first-order chi connectivity index (χ1) is 6.06. The Morgan fingerprint density at radius 2 is 1.23 bits per heavy atom. The molecule has 0 amide bonds. The van der Waals surface area contributed by atoms with Crippen molar-refractivity contribution in [2.45, 2.75) is 20.1 Å². The van der Waals surface area contributed by atoms with Gasteiger partial charge in [-0.15, -0.1) is 0 Å². The first kappa shape index (κ1) is 12.1. The number of aliphatic hydroxyl groups is 3. The molecule has 13 heavy (non-hydrogen) atoms. The molecule has 0 spiro atoms. The van der Waals surface area contributed by atoms with Crippen LogP contribution in [-0.2, 0) is 0 Å². The van der Waals surface area contributed by atoms with Crippen molar-refractivity contribution in [1.29, 1.82) is 0 Å². The molecule has 1 rings (SSSR count). The Balaban J connectivity index is 0.000000252. The summed E-state index contributed by atoms with van der Waals surface area (Å²) < 4.78 is 0. The summed E-state index contributed by atoms with van der Waals surface area (Å²) in [5.74, 6) is 0. The molecular weight excluding hydrogens is 168 g/mol. The van der Waals surface area contributed by atoms with E-state index in [9.17, 15) is 0 Å². The molecule has 1 aromatic rings. The van der Waals surface area contributed by atoms with Crippen molar-refractivity contribution in [1.82, 2.24) is 0 Å². The second-order valence-corrected chi connectivity index (χ2v) is 2.82. The van der Waals surface area contributed by atoms with Crippen molar-refractivity contribution in [2.75, 3.05) is 6.61 Å². The topological polar surface area (TPSA) is 60.7 Å². The predicted octanol–water partition coefficient (Wildman–Crippen LogP) is 0.593. The number of rotatable bonds is 1. The lowest BCUT2D eigenvalue weighted by Crippen LogP contribution is -2.08. The highest BCUT2D eigenvalue weighted by molar-refractivity contribution is 5.19. The Kier molecular flexibility index (Phi) is 6.14. The van der Waals surface area contributed by atoms with Crippen molar-refractivity contribution in [3.63, 3.8) is 0 Å². The van der Waals surface area contributed by atoms with Gasteiger partial charge in [0.05, 0.1) is 6.61 Å². The lowest BCUT2D eigenvalue weighted by atomic mass is 10.2. The van der Waals surface area contributed by atoms with Crippen molar-refractivity contribution >= 4 is 0 Å². The van der Waals surface area contributed by atoms with Gasteiger partial charge in [-0.25, -0.2) is 0 Å². The summed E-state index contributed by atoms with van der Waals surface area (Å²) in [7, 11) is 0. The second kappa shape index (κ2) is 6.60. The van der Waals surface area contributed by atoms with Crippen LogP contribution in [0.2, 0.25) is 0 Å². The van der Waals surface area contributed by atoms with Crippen molar-refractivity contribution in [3.05, 3.63) is 35.4 Å². The van der Waals surface area contributed by atoms with E-state index in [2.05, 4.69) is 38.1 Å². The molecule has 0 unspecified atom stereocenters. The first-order valence-corrected chi connectivity index (χ1v) is 4.06. The van der Waals surface area contributed by atoms with E-state index in [1.54, 1.807) is 0 Å². The Morgan fingerprint density at radius 1 is 1.00 bits per heavy atom. The zero-order valence-electron chi connectivity index (χ0n) is 7.94. The van der Waals surface area contributed by atoms with Crippen LogP contribution in [0.25, 0.3) is 0 Å². The van der Waals surface area contributed by atoms with Gasteiger partial charge in [-0.1, -0.05) is 35.4 Å². The summed E-state index contributed by atoms with van der Waals surface area (Å²) in [5, 5.41) is 23.0. The molecular formula is C10H16O3. The largest absolute Gasteiger partial charge is 0.391 e. The van der Waals surface area contributed by atoms with Crippen LogP contribution >= 0.6 is 0 Å². The van der Waals surface area contributed by atoms with Crippen LogP contribution in [0.4, 0.5) is 0 Å². The molecule has 0 saturated carbocycles. The lowest BCUT2D eigenvalue weighted by Gasteiger charge is -1.90. The Morgan fingerprint density at radius 3 is 1.38 bits per heavy atom. The molecule has 0 radical (unpaired) electrons. The van der Waals surface area contributed by atoms with Crippen LogP contribution in [0.15, 0.2) is 24.3 Å². The minimum atomic E-state index is -1.56. The highest BCUT2D eigenvalue weighted by atomic mass is 16.5. The molecule has 0 saturated heterocycles. The van der Waals surface area contributed by atoms with Gasteiger partial charge in [0.15, 0.2) is 6.29 Å². The second-order valence-electron chi connectivity index (χ2n) is 2.82. The van der Waals surface area contributed by atoms with E-state index >= 15 is 0 Å². The average molecular weight is 184 g/mol. The number of hydrogen-bond acceptors (Lipinski definition) is 3. The minimum absolute atomic E-state index is 0.583. The van der Waals surface area contributed by atoms with E-state index in [4.69, 9.17) is 15.3 Å². The SMILES string of the molecule is Cc1ccc(C)cc1.OCC(O)O. The third-order valence-corrected chi connectivity index (χ3v) is 1.38. The van der Waals surface area contributed by atoms with Crippen LogP contribution < -0.4 is 0 Å². The summed E-state index contributed by atoms with van der Waals surface area (Å²) in [4.78, 5) is 0. The van der Waals surface area contributed by atoms with Gasteiger partial charge >= 0.3 is 0 Å². The zero-order valence-corrected chi connectivity index (χ0v) is 7.94. The van der Waals surface area contributed by atoms with Crippen molar-refractivity contribution in [2.24, 2.45) is 0 Å². The minimum Gasteiger partial charge on any atom is -0.391 e. The molecule has 3 heteroatoms. The third kappa shape index (κ3) is 7.46. The van der Waals surface area contributed by atoms with Crippen LogP contribution in [0, 0.1) is 13.8 Å². The molecule has 0 fully saturated rings. The van der Waals surface area contributed by atoms with Crippen LogP contribution in [0.5, 0.6) is 0 Å². The fourth-order valence-corrected chi connectivity index (χ4v) is 0.637. The van der Waals surface area contributed by atoms with E-state index in [0.29, 0.717) is 0 Å². The summed E-state index contributed by atoms with van der Waals surface area (Å²) in [5.41, 5.74) is 2.66. The summed E-state index contributed by atoms with van der Waals surface area (Å²) in [6.45, 7) is 3.61. The van der Waals surface area contributed by atoms with Crippen LogP contribution in [-0.4, -0.2) is 28.2 Å². The van der Waals surface area contributed by atoms with E-state index < -0.39 is 12.9 Å². The monoisotopic (exact) mass is 184 g/mol. The molecule has 3 N–H and O–H groups in total. The van der Waals surface area contributed by atoms with Crippen LogP contribution in [0.1, 0.15) is 11.1 Å². The maximum atomic E-state index is 7.67. The van der Waals surface area contributed by atoms with Crippen molar-refractivity contribution < 1.29 is 15.3 Å². The molecule has 0 aliphatic carbocycles. The number of benzene rings is 1. The maximum Gasteiger partial charge on any atom is 0.175 e. The van der Waals surface area contributed by atoms with Gasteiger partial charge in [-0.3, -0.25) is 0 Å².